The van der Waals surface area contributed by atoms with Crippen LogP contribution in [-0.2, 0) is 11.2 Å². The molecule has 6 heteroatoms. The van der Waals surface area contributed by atoms with Gasteiger partial charge in [-0.05, 0) is 43.2 Å². The highest BCUT2D eigenvalue weighted by atomic mass is 32.2. The van der Waals surface area contributed by atoms with Crippen LogP contribution in [0.5, 0.6) is 0 Å². The predicted octanol–water partition coefficient (Wildman–Crippen LogP) is 6.27. The van der Waals surface area contributed by atoms with Crippen LogP contribution in [0.4, 0.5) is 0 Å². The third-order valence-corrected chi connectivity index (χ3v) is 5.67. The molecule has 0 amide bonds. The van der Waals surface area contributed by atoms with E-state index in [4.69, 9.17) is 15.6 Å². The lowest BCUT2D eigenvalue weighted by Crippen LogP contribution is -2.16. The first-order valence-electron chi connectivity index (χ1n) is 10.4. The molecule has 0 bridgehead atoms. The summed E-state index contributed by atoms with van der Waals surface area (Å²) in [4.78, 5) is 10.2. The molecule has 0 aliphatic heterocycles. The minimum Gasteiger partial charge on any atom is -0.419 e. The Bertz CT molecular complexity index is 1060. The maximum Gasteiger partial charge on any atom is 0.241 e. The van der Waals surface area contributed by atoms with Crippen LogP contribution < -0.4 is 0 Å². The molecule has 0 fully saturated rings. The lowest BCUT2D eigenvalue weighted by molar-refractivity contribution is 0.534. The van der Waals surface area contributed by atoms with Crippen LogP contribution in [0.25, 0.3) is 11.3 Å². The van der Waals surface area contributed by atoms with Crippen LogP contribution in [0.1, 0.15) is 49.7 Å². The Balaban J connectivity index is 1.76. The van der Waals surface area contributed by atoms with Crippen molar-refractivity contribution in [3.05, 3.63) is 77.2 Å². The van der Waals surface area contributed by atoms with Crippen molar-refractivity contribution in [2.45, 2.75) is 50.7 Å². The van der Waals surface area contributed by atoms with Gasteiger partial charge in [0.2, 0.25) is 11.8 Å². The molecule has 0 aliphatic rings. The van der Waals surface area contributed by atoms with Crippen molar-refractivity contribution in [2.24, 2.45) is 0 Å². The second-order valence-corrected chi connectivity index (χ2v) is 9.24. The third-order valence-electron chi connectivity index (χ3n) is 4.65. The summed E-state index contributed by atoms with van der Waals surface area (Å²) in [7, 11) is 0. The number of thioether (sulfide) groups is 1. The average Bonchev–Trinajstić information content (AvgIpc) is 2.75. The summed E-state index contributed by atoms with van der Waals surface area (Å²) >= 11 is 1.81. The van der Waals surface area contributed by atoms with Gasteiger partial charge in [-0.3, -0.25) is 15.8 Å². The van der Waals surface area contributed by atoms with E-state index in [2.05, 4.69) is 42.9 Å². The summed E-state index contributed by atoms with van der Waals surface area (Å²) in [6.07, 6.45) is 3.78. The summed E-state index contributed by atoms with van der Waals surface area (Å²) in [5, 5.41) is 17.1. The summed E-state index contributed by atoms with van der Waals surface area (Å²) in [5.41, 5.74) is 4.38. The Hall–Kier alpha value is -2.99. The highest BCUT2D eigenvalue weighted by Gasteiger charge is 2.15. The standard InChI is InChI=1S/C25H28N4OS/c1-5-6-18-7-9-20(10-8-18)24(26)30-25(27)23-17(4)28-15-22(29-23)19-11-13-21(14-12-19)31-16(2)3/h7-16,26-27H,5-6H2,1-4H3. The van der Waals surface area contributed by atoms with Crippen molar-refractivity contribution in [1.29, 1.82) is 10.8 Å². The number of nitrogens with one attached hydrogen (secondary N) is 2. The molecule has 0 aliphatic carbocycles. The second-order valence-electron chi connectivity index (χ2n) is 7.59. The van der Waals surface area contributed by atoms with E-state index in [-0.39, 0.29) is 11.8 Å². The Labute approximate surface area is 188 Å². The molecule has 0 spiro atoms. The van der Waals surface area contributed by atoms with Crippen LogP contribution >= 0.6 is 11.8 Å². The molecule has 3 aromatic rings. The highest BCUT2D eigenvalue weighted by Crippen LogP contribution is 2.26. The molecule has 160 valence electrons. The molecule has 5 nitrogen and oxygen atoms in total. The van der Waals surface area contributed by atoms with E-state index in [1.54, 1.807) is 13.1 Å². The van der Waals surface area contributed by atoms with Crippen LogP contribution in [-0.4, -0.2) is 27.0 Å². The van der Waals surface area contributed by atoms with Crippen LogP contribution in [0.15, 0.2) is 59.6 Å². The number of hydrogen-bond donors (Lipinski definition) is 2. The van der Waals surface area contributed by atoms with Gasteiger partial charge < -0.3 is 4.74 Å². The Kier molecular flexibility index (Phi) is 7.58. The zero-order valence-corrected chi connectivity index (χ0v) is 19.2. The minimum atomic E-state index is -0.179. The zero-order chi connectivity index (χ0) is 22.4. The number of nitrogens with zero attached hydrogens (tertiary/aromatic N) is 2. The summed E-state index contributed by atoms with van der Waals surface area (Å²) in [6, 6.07) is 15.9. The fourth-order valence-electron chi connectivity index (χ4n) is 3.10. The van der Waals surface area contributed by atoms with E-state index >= 15 is 0 Å². The molecule has 0 radical (unpaired) electrons. The van der Waals surface area contributed by atoms with E-state index in [9.17, 15) is 0 Å². The van der Waals surface area contributed by atoms with Crippen molar-refractivity contribution in [3.8, 4) is 11.3 Å². The summed E-state index contributed by atoms with van der Waals surface area (Å²) in [6.45, 7) is 8.25. The average molecular weight is 433 g/mol. The highest BCUT2D eigenvalue weighted by molar-refractivity contribution is 7.99. The molecule has 31 heavy (non-hydrogen) atoms. The van der Waals surface area contributed by atoms with Crippen molar-refractivity contribution in [1.82, 2.24) is 9.97 Å². The van der Waals surface area contributed by atoms with Gasteiger partial charge in [-0.25, -0.2) is 4.98 Å². The molecular weight excluding hydrogens is 404 g/mol. The van der Waals surface area contributed by atoms with Gasteiger partial charge >= 0.3 is 0 Å². The lowest BCUT2D eigenvalue weighted by Gasteiger charge is -2.11. The molecule has 2 aromatic carbocycles. The molecule has 1 aromatic heterocycles. The maximum atomic E-state index is 8.36. The van der Waals surface area contributed by atoms with Gasteiger partial charge in [0, 0.05) is 21.3 Å². The normalized spacial score (nSPS) is 10.9. The van der Waals surface area contributed by atoms with Crippen LogP contribution in [0.2, 0.25) is 0 Å². The van der Waals surface area contributed by atoms with Crippen LogP contribution in [0.3, 0.4) is 0 Å². The fraction of sp³-hybridized carbons (Fsp3) is 0.280. The summed E-state index contributed by atoms with van der Waals surface area (Å²) in [5.74, 6) is -0.254. The number of ether oxygens (including phenoxy) is 1. The minimum absolute atomic E-state index is 0.0743. The molecule has 0 saturated carbocycles. The van der Waals surface area contributed by atoms with Crippen molar-refractivity contribution in [2.75, 3.05) is 0 Å². The second kappa shape index (κ2) is 10.4. The van der Waals surface area contributed by atoms with E-state index in [1.807, 2.05) is 48.2 Å². The molecule has 0 atom stereocenters. The topological polar surface area (TPSA) is 82.7 Å². The van der Waals surface area contributed by atoms with Crippen molar-refractivity contribution < 1.29 is 4.74 Å². The van der Waals surface area contributed by atoms with Crippen molar-refractivity contribution >= 4 is 23.6 Å². The molecule has 2 N–H and O–H groups in total. The third kappa shape index (κ3) is 6.01. The fourth-order valence-corrected chi connectivity index (χ4v) is 3.94. The number of aryl methyl sites for hydroxylation is 2. The van der Waals surface area contributed by atoms with Gasteiger partial charge in [0.25, 0.3) is 0 Å². The van der Waals surface area contributed by atoms with Gasteiger partial charge in [-0.1, -0.05) is 51.5 Å². The Morgan fingerprint density at radius 1 is 1.00 bits per heavy atom. The van der Waals surface area contributed by atoms with Crippen LogP contribution in [0, 0.1) is 17.7 Å². The first kappa shape index (κ1) is 22.7. The number of rotatable bonds is 7. The van der Waals surface area contributed by atoms with E-state index < -0.39 is 0 Å². The number of benzene rings is 2. The molecule has 3 rings (SSSR count). The largest absolute Gasteiger partial charge is 0.419 e. The smallest absolute Gasteiger partial charge is 0.241 e. The molecule has 0 saturated heterocycles. The summed E-state index contributed by atoms with van der Waals surface area (Å²) < 4.78 is 5.52. The van der Waals surface area contributed by atoms with Gasteiger partial charge in [-0.2, -0.15) is 0 Å². The SMILES string of the molecule is CCCc1ccc(C(=N)OC(=N)c2nc(-c3ccc(SC(C)C)cc3)cnc2C)cc1. The van der Waals surface area contributed by atoms with Crippen molar-refractivity contribution in [3.63, 3.8) is 0 Å². The van der Waals surface area contributed by atoms with E-state index in [0.29, 0.717) is 27.9 Å². The molecule has 1 heterocycles. The first-order valence-corrected chi connectivity index (χ1v) is 11.3. The zero-order valence-electron chi connectivity index (χ0n) is 18.4. The number of aromatic nitrogens is 2. The first-order chi connectivity index (χ1) is 14.9. The maximum absolute atomic E-state index is 8.36. The van der Waals surface area contributed by atoms with Gasteiger partial charge in [0.05, 0.1) is 17.6 Å². The Morgan fingerprint density at radius 2 is 1.68 bits per heavy atom. The quantitative estimate of drug-likeness (QED) is 0.262. The Morgan fingerprint density at radius 3 is 2.29 bits per heavy atom. The predicted molar refractivity (Wildman–Crippen MR) is 128 cm³/mol. The monoisotopic (exact) mass is 432 g/mol. The molecule has 0 unspecified atom stereocenters. The van der Waals surface area contributed by atoms with Gasteiger partial charge in [0.1, 0.15) is 5.69 Å². The number of hydrogen-bond acceptors (Lipinski definition) is 6. The van der Waals surface area contributed by atoms with E-state index in [0.717, 1.165) is 18.4 Å². The van der Waals surface area contributed by atoms with Gasteiger partial charge in [0.15, 0.2) is 0 Å². The lowest BCUT2D eigenvalue weighted by atomic mass is 10.1. The molecular formula is C25H28N4OS. The van der Waals surface area contributed by atoms with Gasteiger partial charge in [-0.15, -0.1) is 11.8 Å². The van der Waals surface area contributed by atoms with E-state index in [1.165, 1.54) is 10.5 Å².